The van der Waals surface area contributed by atoms with Crippen LogP contribution in [-0.4, -0.2) is 69.6 Å². The number of hydrogen-bond acceptors (Lipinski definition) is 8. The lowest BCUT2D eigenvalue weighted by atomic mass is 9.77. The third-order valence-electron chi connectivity index (χ3n) is 8.05. The van der Waals surface area contributed by atoms with Crippen molar-refractivity contribution in [2.45, 2.75) is 52.4 Å². The summed E-state index contributed by atoms with van der Waals surface area (Å²) in [6.07, 6.45) is 1.58. The molecule has 1 amide bonds. The highest BCUT2D eigenvalue weighted by Crippen LogP contribution is 2.42. The summed E-state index contributed by atoms with van der Waals surface area (Å²) in [6, 6.07) is 14.7. The maximum Gasteiger partial charge on any atom is 0.510 e. The van der Waals surface area contributed by atoms with Crippen LogP contribution in [0.3, 0.4) is 0 Å². The maximum absolute atomic E-state index is 13.0. The molecule has 2 aromatic carbocycles. The lowest BCUT2D eigenvalue weighted by molar-refractivity contribution is -0.121. The monoisotopic (exact) mass is 593 g/mol. The van der Waals surface area contributed by atoms with Crippen molar-refractivity contribution in [2.75, 3.05) is 62.5 Å². The molecule has 226 valence electrons. The van der Waals surface area contributed by atoms with Crippen LogP contribution in [0.4, 0.5) is 16.2 Å². The zero-order valence-electron chi connectivity index (χ0n) is 25.3. The second kappa shape index (κ2) is 13.3. The summed E-state index contributed by atoms with van der Waals surface area (Å²) in [7, 11) is 0. The van der Waals surface area contributed by atoms with Crippen molar-refractivity contribution in [1.82, 2.24) is 4.90 Å². The number of carbonyl (C=O) groups is 2. The molecule has 1 aromatic heterocycles. The van der Waals surface area contributed by atoms with Crippen LogP contribution in [0.2, 0.25) is 0 Å². The Kier molecular flexibility index (Phi) is 9.58. The standard InChI is InChI=1S/C33H43N3O5S/c1-24(2)22-40-32(38)41-23-36-29-20-25(10-11-27(29)33(3,4)21-31(36)37)39-18-6-5-13-34-14-16-35(17-15-34)28-8-7-9-30-26(28)12-19-42-30/h7-12,19-20,24H,5-6,13-18,21-23H2,1-4H3. The number of unbranched alkanes of at least 4 members (excludes halogenated alkanes) is 1. The van der Waals surface area contributed by atoms with Crippen LogP contribution in [-0.2, 0) is 19.7 Å². The zero-order valence-corrected chi connectivity index (χ0v) is 26.1. The average Bonchev–Trinajstić information content (AvgIpc) is 3.45. The van der Waals surface area contributed by atoms with Crippen molar-refractivity contribution < 1.29 is 23.8 Å². The molecule has 0 radical (unpaired) electrons. The van der Waals surface area contributed by atoms with Crippen LogP contribution in [0.5, 0.6) is 5.75 Å². The Bertz CT molecular complexity index is 1380. The number of benzene rings is 2. The predicted octanol–water partition coefficient (Wildman–Crippen LogP) is 6.66. The molecule has 0 saturated carbocycles. The van der Waals surface area contributed by atoms with Crippen LogP contribution in [0.25, 0.3) is 10.1 Å². The quantitative estimate of drug-likeness (QED) is 0.182. The van der Waals surface area contributed by atoms with Crippen molar-refractivity contribution in [1.29, 1.82) is 0 Å². The van der Waals surface area contributed by atoms with Crippen LogP contribution in [0.15, 0.2) is 47.8 Å². The molecule has 3 aromatic rings. The summed E-state index contributed by atoms with van der Waals surface area (Å²) in [4.78, 5) is 31.6. The number of anilines is 2. The molecule has 1 fully saturated rings. The fourth-order valence-corrected chi connectivity index (χ4v) is 6.54. The Morgan fingerprint density at radius 1 is 1.00 bits per heavy atom. The van der Waals surface area contributed by atoms with Gasteiger partial charge in [-0.3, -0.25) is 14.6 Å². The molecule has 0 N–H and O–H groups in total. The number of hydrogen-bond donors (Lipinski definition) is 0. The second-order valence-electron chi connectivity index (χ2n) is 12.3. The first-order chi connectivity index (χ1) is 20.2. The summed E-state index contributed by atoms with van der Waals surface area (Å²) in [5, 5.41) is 3.54. The van der Waals surface area contributed by atoms with Crippen molar-refractivity contribution in [3.05, 3.63) is 53.4 Å². The second-order valence-corrected chi connectivity index (χ2v) is 13.2. The first-order valence-corrected chi connectivity index (χ1v) is 15.9. The highest BCUT2D eigenvalue weighted by Gasteiger charge is 2.37. The van der Waals surface area contributed by atoms with Crippen LogP contribution < -0.4 is 14.5 Å². The number of amides is 1. The van der Waals surface area contributed by atoms with Gasteiger partial charge in [0.1, 0.15) is 5.75 Å². The summed E-state index contributed by atoms with van der Waals surface area (Å²) < 4.78 is 17.9. The van der Waals surface area contributed by atoms with E-state index in [0.717, 1.165) is 56.8 Å². The molecule has 0 aliphatic carbocycles. The number of fused-ring (bicyclic) bond motifs is 2. The molecule has 0 spiro atoms. The van der Waals surface area contributed by atoms with Crippen LogP contribution in [0, 0.1) is 5.92 Å². The average molecular weight is 594 g/mol. The lowest BCUT2D eigenvalue weighted by Crippen LogP contribution is -2.46. The fraction of sp³-hybridized carbons (Fsp3) is 0.515. The first kappa shape index (κ1) is 30.2. The topological polar surface area (TPSA) is 71.5 Å². The fourth-order valence-electron chi connectivity index (χ4n) is 5.73. The van der Waals surface area contributed by atoms with Crippen molar-refractivity contribution in [3.8, 4) is 5.75 Å². The Labute approximate surface area is 253 Å². The molecular formula is C33H43N3O5S. The van der Waals surface area contributed by atoms with E-state index in [9.17, 15) is 9.59 Å². The smallest absolute Gasteiger partial charge is 0.494 e. The molecule has 0 atom stereocenters. The minimum Gasteiger partial charge on any atom is -0.494 e. The van der Waals surface area contributed by atoms with E-state index in [0.29, 0.717) is 18.8 Å². The Hall–Kier alpha value is -3.30. The van der Waals surface area contributed by atoms with Gasteiger partial charge in [0, 0.05) is 59.9 Å². The highest BCUT2D eigenvalue weighted by molar-refractivity contribution is 7.17. The third-order valence-corrected chi connectivity index (χ3v) is 8.93. The minimum absolute atomic E-state index is 0.0894. The van der Waals surface area contributed by atoms with Gasteiger partial charge in [0.05, 0.1) is 18.9 Å². The van der Waals surface area contributed by atoms with E-state index in [1.165, 1.54) is 20.7 Å². The number of piperazine rings is 1. The molecule has 0 bridgehead atoms. The van der Waals surface area contributed by atoms with Crippen LogP contribution >= 0.6 is 11.3 Å². The molecule has 42 heavy (non-hydrogen) atoms. The molecular weight excluding hydrogens is 550 g/mol. The van der Waals surface area contributed by atoms with Gasteiger partial charge >= 0.3 is 6.16 Å². The van der Waals surface area contributed by atoms with Gasteiger partial charge in [-0.05, 0) is 60.5 Å². The molecule has 2 aliphatic rings. The SMILES string of the molecule is CC(C)COC(=O)OCN1C(=O)CC(C)(C)c2ccc(OCCCCN3CCN(c4cccc5sccc45)CC3)cc21. The lowest BCUT2D eigenvalue weighted by Gasteiger charge is -2.38. The van der Waals surface area contributed by atoms with Gasteiger partial charge in [-0.15, -0.1) is 11.3 Å². The molecule has 2 aliphatic heterocycles. The van der Waals surface area contributed by atoms with Gasteiger partial charge in [-0.25, -0.2) is 4.79 Å². The van der Waals surface area contributed by atoms with Gasteiger partial charge in [-0.1, -0.05) is 39.8 Å². The Morgan fingerprint density at radius 2 is 1.81 bits per heavy atom. The van der Waals surface area contributed by atoms with E-state index < -0.39 is 6.16 Å². The van der Waals surface area contributed by atoms with Gasteiger partial charge in [-0.2, -0.15) is 0 Å². The van der Waals surface area contributed by atoms with Gasteiger partial charge in [0.15, 0.2) is 6.73 Å². The number of ether oxygens (including phenoxy) is 3. The number of carbonyl (C=O) groups excluding carboxylic acids is 2. The summed E-state index contributed by atoms with van der Waals surface area (Å²) in [6.45, 7) is 14.0. The molecule has 3 heterocycles. The predicted molar refractivity (Wildman–Crippen MR) is 169 cm³/mol. The minimum atomic E-state index is -0.767. The van der Waals surface area contributed by atoms with Crippen molar-refractivity contribution >= 4 is 44.9 Å². The number of thiophene rings is 1. The normalized spacial score (nSPS) is 17.0. The highest BCUT2D eigenvalue weighted by atomic mass is 32.1. The number of nitrogens with zero attached hydrogens (tertiary/aromatic N) is 3. The van der Waals surface area contributed by atoms with Gasteiger partial charge < -0.3 is 19.1 Å². The Balaban J connectivity index is 1.09. The van der Waals surface area contributed by atoms with E-state index in [2.05, 4.69) is 53.3 Å². The summed E-state index contributed by atoms with van der Waals surface area (Å²) >= 11 is 1.80. The molecule has 8 nitrogen and oxygen atoms in total. The van der Waals surface area contributed by atoms with E-state index in [1.807, 2.05) is 32.0 Å². The molecule has 5 rings (SSSR count). The molecule has 1 saturated heterocycles. The van der Waals surface area contributed by atoms with Gasteiger partial charge in [0.25, 0.3) is 0 Å². The van der Waals surface area contributed by atoms with Crippen molar-refractivity contribution in [3.63, 3.8) is 0 Å². The van der Waals surface area contributed by atoms with Crippen LogP contribution in [0.1, 0.15) is 52.5 Å². The Morgan fingerprint density at radius 3 is 2.60 bits per heavy atom. The molecule has 0 unspecified atom stereocenters. The first-order valence-electron chi connectivity index (χ1n) is 15.0. The largest absolute Gasteiger partial charge is 0.510 e. The van der Waals surface area contributed by atoms with E-state index >= 15 is 0 Å². The summed E-state index contributed by atoms with van der Waals surface area (Å²) in [5.41, 5.74) is 2.79. The zero-order chi connectivity index (χ0) is 29.7. The summed E-state index contributed by atoms with van der Waals surface area (Å²) in [5.74, 6) is 0.828. The van der Waals surface area contributed by atoms with Crippen molar-refractivity contribution in [2.24, 2.45) is 5.92 Å². The van der Waals surface area contributed by atoms with E-state index in [-0.39, 0.29) is 30.6 Å². The molecule has 9 heteroatoms. The van der Waals surface area contributed by atoms with E-state index in [1.54, 1.807) is 11.3 Å². The third kappa shape index (κ3) is 7.18. The van der Waals surface area contributed by atoms with Gasteiger partial charge in [0.2, 0.25) is 5.91 Å². The maximum atomic E-state index is 13.0. The number of rotatable bonds is 11. The van der Waals surface area contributed by atoms with E-state index in [4.69, 9.17) is 14.2 Å².